The van der Waals surface area contributed by atoms with Crippen molar-refractivity contribution in [3.8, 4) is 0 Å². The van der Waals surface area contributed by atoms with Crippen molar-refractivity contribution >= 4 is 11.9 Å². The molecule has 13 heavy (non-hydrogen) atoms. The number of rotatable bonds is 0. The largest absolute Gasteiger partial charge is 0.370 e. The zero-order chi connectivity index (χ0) is 9.68. The van der Waals surface area contributed by atoms with Crippen LogP contribution in [0.4, 0.5) is 0 Å². The van der Waals surface area contributed by atoms with Gasteiger partial charge in [0.15, 0.2) is 5.96 Å². The number of nitrogens with zero attached hydrogens (tertiary/aromatic N) is 3. The van der Waals surface area contributed by atoms with Crippen molar-refractivity contribution in [3.05, 3.63) is 0 Å². The molecule has 0 unspecified atom stereocenters. The number of guanidine groups is 2. The third-order valence-electron chi connectivity index (χ3n) is 2.07. The number of hydrogen-bond donors (Lipinski definition) is 2. The van der Waals surface area contributed by atoms with E-state index in [4.69, 9.17) is 11.5 Å². The molecule has 1 aliphatic rings. The number of aliphatic imine (C=N–C) groups is 2. The van der Waals surface area contributed by atoms with Crippen LogP contribution in [0.5, 0.6) is 0 Å². The minimum Gasteiger partial charge on any atom is -0.370 e. The van der Waals surface area contributed by atoms with Gasteiger partial charge in [-0.3, -0.25) is 4.99 Å². The van der Waals surface area contributed by atoms with Crippen LogP contribution < -0.4 is 11.5 Å². The van der Waals surface area contributed by atoms with E-state index in [1.54, 1.807) is 7.05 Å². The van der Waals surface area contributed by atoms with Crippen molar-refractivity contribution in [2.45, 2.75) is 19.3 Å². The van der Waals surface area contributed by atoms with Gasteiger partial charge >= 0.3 is 0 Å². The van der Waals surface area contributed by atoms with Crippen LogP contribution in [0.25, 0.3) is 0 Å². The van der Waals surface area contributed by atoms with Crippen molar-refractivity contribution in [2.24, 2.45) is 21.5 Å². The van der Waals surface area contributed by atoms with Crippen molar-refractivity contribution < 1.29 is 0 Å². The lowest BCUT2D eigenvalue weighted by molar-refractivity contribution is 0.339. The maximum absolute atomic E-state index is 5.30. The molecule has 1 fully saturated rings. The smallest absolute Gasteiger partial charge is 0.223 e. The van der Waals surface area contributed by atoms with Gasteiger partial charge < -0.3 is 16.4 Å². The average molecular weight is 183 g/mol. The fourth-order valence-corrected chi connectivity index (χ4v) is 1.47. The highest BCUT2D eigenvalue weighted by molar-refractivity contribution is 5.93. The van der Waals surface area contributed by atoms with Crippen LogP contribution >= 0.6 is 0 Å². The summed E-state index contributed by atoms with van der Waals surface area (Å²) >= 11 is 0. The molecule has 0 saturated carbocycles. The van der Waals surface area contributed by atoms with Gasteiger partial charge in [-0.2, -0.15) is 4.99 Å². The summed E-state index contributed by atoms with van der Waals surface area (Å²) < 4.78 is 0. The normalized spacial score (nSPS) is 18.5. The lowest BCUT2D eigenvalue weighted by Crippen LogP contribution is -2.37. The summed E-state index contributed by atoms with van der Waals surface area (Å²) in [6.45, 7) is 2.01. The van der Waals surface area contributed by atoms with E-state index >= 15 is 0 Å². The Bertz CT molecular complexity index is 211. The Hall–Kier alpha value is -1.26. The van der Waals surface area contributed by atoms with Gasteiger partial charge in [0.1, 0.15) is 0 Å². The van der Waals surface area contributed by atoms with Gasteiger partial charge in [0.2, 0.25) is 5.96 Å². The molecular weight excluding hydrogens is 166 g/mol. The maximum Gasteiger partial charge on any atom is 0.223 e. The summed E-state index contributed by atoms with van der Waals surface area (Å²) in [5, 5.41) is 0. The summed E-state index contributed by atoms with van der Waals surface area (Å²) in [6.07, 6.45) is 3.67. The summed E-state index contributed by atoms with van der Waals surface area (Å²) in [7, 11) is 1.70. The zero-order valence-corrected chi connectivity index (χ0v) is 8.03. The van der Waals surface area contributed by atoms with E-state index in [1.165, 1.54) is 19.3 Å². The summed E-state index contributed by atoms with van der Waals surface area (Å²) in [5.74, 6) is 0.728. The van der Waals surface area contributed by atoms with Crippen LogP contribution in [0, 0.1) is 0 Å². The van der Waals surface area contributed by atoms with E-state index < -0.39 is 0 Å². The zero-order valence-electron chi connectivity index (χ0n) is 8.03. The van der Waals surface area contributed by atoms with Gasteiger partial charge in [0.05, 0.1) is 0 Å². The predicted molar refractivity (Wildman–Crippen MR) is 54.6 cm³/mol. The molecule has 0 spiro atoms. The highest BCUT2D eigenvalue weighted by Gasteiger charge is 2.13. The molecule has 0 bridgehead atoms. The van der Waals surface area contributed by atoms with Crippen LogP contribution in [0.3, 0.4) is 0 Å². The molecule has 74 valence electrons. The summed E-state index contributed by atoms with van der Waals surface area (Å²) in [4.78, 5) is 10.1. The standard InChI is InChI=1S/C8H17N5/c1-11-8(12-7(9)10)13-5-3-2-4-6-13/h2-6H2,1H3,(H4,9,10,11,12). The Morgan fingerprint density at radius 2 is 1.77 bits per heavy atom. The average Bonchev–Trinajstić information content (AvgIpc) is 2.15. The third kappa shape index (κ3) is 2.93. The molecule has 0 radical (unpaired) electrons. The lowest BCUT2D eigenvalue weighted by atomic mass is 10.1. The van der Waals surface area contributed by atoms with Crippen molar-refractivity contribution in [1.82, 2.24) is 4.90 Å². The Balaban J connectivity index is 2.60. The molecule has 0 aliphatic carbocycles. The fraction of sp³-hybridized carbons (Fsp3) is 0.750. The molecular formula is C8H17N5. The molecule has 0 aromatic rings. The minimum absolute atomic E-state index is 0.0752. The van der Waals surface area contributed by atoms with Crippen molar-refractivity contribution in [3.63, 3.8) is 0 Å². The molecule has 0 atom stereocenters. The molecule has 1 rings (SSSR count). The van der Waals surface area contributed by atoms with Crippen LogP contribution in [-0.2, 0) is 0 Å². The Kier molecular flexibility index (Phi) is 3.54. The van der Waals surface area contributed by atoms with E-state index in [-0.39, 0.29) is 5.96 Å². The van der Waals surface area contributed by atoms with Gasteiger partial charge in [-0.1, -0.05) is 0 Å². The summed E-state index contributed by atoms with van der Waals surface area (Å²) in [5.41, 5.74) is 10.6. The lowest BCUT2D eigenvalue weighted by Gasteiger charge is -2.27. The van der Waals surface area contributed by atoms with Crippen molar-refractivity contribution in [2.75, 3.05) is 20.1 Å². The highest BCUT2D eigenvalue weighted by atomic mass is 15.3. The predicted octanol–water partition coefficient (Wildman–Crippen LogP) is -0.268. The van der Waals surface area contributed by atoms with Gasteiger partial charge in [-0.05, 0) is 19.3 Å². The molecule has 0 aromatic carbocycles. The quantitative estimate of drug-likeness (QED) is 0.401. The van der Waals surface area contributed by atoms with Crippen molar-refractivity contribution in [1.29, 1.82) is 0 Å². The van der Waals surface area contributed by atoms with Crippen LogP contribution in [0.1, 0.15) is 19.3 Å². The van der Waals surface area contributed by atoms with Crippen LogP contribution in [0.2, 0.25) is 0 Å². The first-order valence-electron chi connectivity index (χ1n) is 4.55. The van der Waals surface area contributed by atoms with E-state index in [0.29, 0.717) is 5.96 Å². The van der Waals surface area contributed by atoms with E-state index in [9.17, 15) is 0 Å². The third-order valence-corrected chi connectivity index (χ3v) is 2.07. The maximum atomic E-state index is 5.30. The first kappa shape index (κ1) is 9.83. The Labute approximate surface area is 78.5 Å². The fourth-order valence-electron chi connectivity index (χ4n) is 1.47. The van der Waals surface area contributed by atoms with E-state index in [2.05, 4.69) is 14.9 Å². The van der Waals surface area contributed by atoms with Gasteiger partial charge in [-0.25, -0.2) is 0 Å². The second-order valence-corrected chi connectivity index (χ2v) is 3.11. The molecule has 0 amide bonds. The molecule has 1 heterocycles. The monoisotopic (exact) mass is 183 g/mol. The van der Waals surface area contributed by atoms with Gasteiger partial charge in [0.25, 0.3) is 0 Å². The SMILES string of the molecule is CN=C(N=C(N)N)N1CCCCC1. The second kappa shape index (κ2) is 4.69. The first-order valence-corrected chi connectivity index (χ1v) is 4.55. The van der Waals surface area contributed by atoms with E-state index in [0.717, 1.165) is 13.1 Å². The van der Waals surface area contributed by atoms with Gasteiger partial charge in [-0.15, -0.1) is 0 Å². The molecule has 0 aromatic heterocycles. The number of piperidine rings is 1. The van der Waals surface area contributed by atoms with Crippen LogP contribution in [-0.4, -0.2) is 37.0 Å². The van der Waals surface area contributed by atoms with Gasteiger partial charge in [0, 0.05) is 20.1 Å². The molecule has 5 heteroatoms. The molecule has 4 N–H and O–H groups in total. The number of likely N-dealkylation sites (tertiary alicyclic amines) is 1. The molecule has 5 nitrogen and oxygen atoms in total. The molecule has 1 saturated heterocycles. The minimum atomic E-state index is 0.0752. The number of nitrogens with two attached hydrogens (primary N) is 2. The highest BCUT2D eigenvalue weighted by Crippen LogP contribution is 2.09. The Morgan fingerprint density at radius 3 is 2.23 bits per heavy atom. The first-order chi connectivity index (χ1) is 6.24. The second-order valence-electron chi connectivity index (χ2n) is 3.11. The topological polar surface area (TPSA) is 80.0 Å². The van der Waals surface area contributed by atoms with Crippen LogP contribution in [0.15, 0.2) is 9.98 Å². The van der Waals surface area contributed by atoms with E-state index in [1.807, 2.05) is 0 Å². The summed E-state index contributed by atoms with van der Waals surface area (Å²) in [6, 6.07) is 0. The Morgan fingerprint density at radius 1 is 1.15 bits per heavy atom. The number of hydrogen-bond acceptors (Lipinski definition) is 1. The molecule has 1 aliphatic heterocycles.